The number of hydrogen-bond donors (Lipinski definition) is 0. The van der Waals surface area contributed by atoms with Crippen LogP contribution in [0.2, 0.25) is 0 Å². The SMILES string of the molecule is COCCN(CC(=O)N(CC(C)=O)Cc1ccccc1)C(=O)CN(Cc1ccccc1)C(C)=O. The number of benzene rings is 2. The molecule has 0 fully saturated rings. The number of ether oxygens (including phenoxy) is 1. The number of methoxy groups -OCH3 is 1. The highest BCUT2D eigenvalue weighted by Gasteiger charge is 2.24. The predicted octanol–water partition coefficient (Wildman–Crippen LogP) is 2.13. The van der Waals surface area contributed by atoms with E-state index in [1.54, 1.807) is 0 Å². The van der Waals surface area contributed by atoms with E-state index in [4.69, 9.17) is 4.74 Å². The molecular weight excluding hydrogens is 434 g/mol. The van der Waals surface area contributed by atoms with Crippen LogP contribution in [0.1, 0.15) is 25.0 Å². The molecule has 0 radical (unpaired) electrons. The van der Waals surface area contributed by atoms with Gasteiger partial charge in [-0.3, -0.25) is 19.2 Å². The van der Waals surface area contributed by atoms with Crippen molar-refractivity contribution < 1.29 is 23.9 Å². The van der Waals surface area contributed by atoms with Crippen molar-refractivity contribution >= 4 is 23.5 Å². The number of rotatable bonds is 13. The molecule has 0 aromatic heterocycles. The largest absolute Gasteiger partial charge is 0.383 e. The molecule has 8 nitrogen and oxygen atoms in total. The van der Waals surface area contributed by atoms with E-state index in [2.05, 4.69) is 0 Å². The number of carbonyl (C=O) groups excluding carboxylic acids is 4. The number of hydrogen-bond acceptors (Lipinski definition) is 5. The summed E-state index contributed by atoms with van der Waals surface area (Å²) >= 11 is 0. The standard InChI is InChI=1S/C26H33N3O5/c1-21(30)16-29(18-24-12-8-5-9-13-24)26(33)19-27(14-15-34-3)25(32)20-28(22(2)31)17-23-10-6-4-7-11-23/h4-13H,14-20H2,1-3H3. The van der Waals surface area contributed by atoms with E-state index in [9.17, 15) is 19.2 Å². The third kappa shape index (κ3) is 9.15. The summed E-state index contributed by atoms with van der Waals surface area (Å²) < 4.78 is 5.12. The Morgan fingerprint density at radius 2 is 1.15 bits per heavy atom. The molecule has 3 amide bonds. The Hall–Kier alpha value is -3.52. The Kier molecular flexibility index (Phi) is 10.9. The van der Waals surface area contributed by atoms with Crippen LogP contribution in [-0.2, 0) is 37.0 Å². The molecule has 8 heteroatoms. The number of carbonyl (C=O) groups is 4. The van der Waals surface area contributed by atoms with E-state index < -0.39 is 0 Å². The second kappa shape index (κ2) is 13.9. The summed E-state index contributed by atoms with van der Waals surface area (Å²) in [6.07, 6.45) is 0. The minimum Gasteiger partial charge on any atom is -0.383 e. The maximum Gasteiger partial charge on any atom is 0.242 e. The molecule has 0 saturated heterocycles. The quantitative estimate of drug-likeness (QED) is 0.450. The Labute approximate surface area is 201 Å². The van der Waals surface area contributed by atoms with E-state index >= 15 is 0 Å². The molecular formula is C26H33N3O5. The molecule has 34 heavy (non-hydrogen) atoms. The molecule has 2 aromatic carbocycles. The highest BCUT2D eigenvalue weighted by Crippen LogP contribution is 2.08. The molecule has 0 saturated carbocycles. The molecule has 2 aromatic rings. The molecule has 0 unspecified atom stereocenters. The van der Waals surface area contributed by atoms with Gasteiger partial charge in [0.25, 0.3) is 0 Å². The zero-order valence-electron chi connectivity index (χ0n) is 20.1. The summed E-state index contributed by atoms with van der Waals surface area (Å²) in [5.74, 6) is -1.10. The van der Waals surface area contributed by atoms with Crippen LogP contribution >= 0.6 is 0 Å². The first-order chi connectivity index (χ1) is 16.3. The van der Waals surface area contributed by atoms with Gasteiger partial charge in [-0.25, -0.2) is 0 Å². The second-order valence-corrected chi connectivity index (χ2v) is 8.11. The van der Waals surface area contributed by atoms with E-state index in [0.717, 1.165) is 11.1 Å². The lowest BCUT2D eigenvalue weighted by atomic mass is 10.2. The topological polar surface area (TPSA) is 87.2 Å². The van der Waals surface area contributed by atoms with Crippen LogP contribution in [0.4, 0.5) is 0 Å². The van der Waals surface area contributed by atoms with E-state index in [-0.39, 0.29) is 62.8 Å². The first-order valence-electron chi connectivity index (χ1n) is 11.2. The maximum atomic E-state index is 13.1. The van der Waals surface area contributed by atoms with Gasteiger partial charge in [-0.2, -0.15) is 0 Å². The van der Waals surface area contributed by atoms with Crippen LogP contribution in [0.3, 0.4) is 0 Å². The molecule has 0 spiro atoms. The number of ketones is 1. The van der Waals surface area contributed by atoms with Crippen molar-refractivity contribution in [2.75, 3.05) is 39.9 Å². The Morgan fingerprint density at radius 3 is 1.62 bits per heavy atom. The molecule has 0 aliphatic rings. The summed E-state index contributed by atoms with van der Waals surface area (Å²) in [5, 5.41) is 0. The van der Waals surface area contributed by atoms with Crippen molar-refractivity contribution in [2.24, 2.45) is 0 Å². The normalized spacial score (nSPS) is 10.4. The molecule has 0 N–H and O–H groups in total. The highest BCUT2D eigenvalue weighted by molar-refractivity contribution is 5.90. The van der Waals surface area contributed by atoms with Gasteiger partial charge >= 0.3 is 0 Å². The number of nitrogens with zero attached hydrogens (tertiary/aromatic N) is 3. The van der Waals surface area contributed by atoms with Crippen molar-refractivity contribution in [3.8, 4) is 0 Å². The van der Waals surface area contributed by atoms with Crippen LogP contribution < -0.4 is 0 Å². The maximum absolute atomic E-state index is 13.1. The Bertz CT molecular complexity index is 949. The Morgan fingerprint density at radius 1 is 0.676 bits per heavy atom. The van der Waals surface area contributed by atoms with Crippen molar-refractivity contribution in [1.29, 1.82) is 0 Å². The minimum absolute atomic E-state index is 0.0480. The van der Waals surface area contributed by atoms with Crippen LogP contribution in [0, 0.1) is 0 Å². The molecule has 0 atom stereocenters. The summed E-state index contributed by atoms with van der Waals surface area (Å²) in [5.41, 5.74) is 1.79. The summed E-state index contributed by atoms with van der Waals surface area (Å²) in [6.45, 7) is 3.40. The Balaban J connectivity index is 2.13. The summed E-state index contributed by atoms with van der Waals surface area (Å²) in [6, 6.07) is 18.8. The zero-order valence-corrected chi connectivity index (χ0v) is 20.1. The predicted molar refractivity (Wildman–Crippen MR) is 129 cm³/mol. The minimum atomic E-state index is -0.362. The summed E-state index contributed by atoms with van der Waals surface area (Å²) in [7, 11) is 1.51. The van der Waals surface area contributed by atoms with Gasteiger partial charge in [-0.1, -0.05) is 60.7 Å². The highest BCUT2D eigenvalue weighted by atomic mass is 16.5. The monoisotopic (exact) mass is 467 g/mol. The molecule has 0 heterocycles. The lowest BCUT2D eigenvalue weighted by molar-refractivity contribution is -0.145. The average Bonchev–Trinajstić information content (AvgIpc) is 2.81. The molecule has 0 aliphatic heterocycles. The first kappa shape index (κ1) is 26.7. The van der Waals surface area contributed by atoms with Crippen LogP contribution in [0.25, 0.3) is 0 Å². The molecule has 2 rings (SSSR count). The molecule has 0 aliphatic carbocycles. The summed E-state index contributed by atoms with van der Waals surface area (Å²) in [4.78, 5) is 54.5. The van der Waals surface area contributed by atoms with Gasteiger partial charge in [0.15, 0.2) is 0 Å². The molecule has 0 bridgehead atoms. The third-order valence-electron chi connectivity index (χ3n) is 5.21. The lowest BCUT2D eigenvalue weighted by Gasteiger charge is -2.29. The van der Waals surface area contributed by atoms with Crippen molar-refractivity contribution in [3.63, 3.8) is 0 Å². The van der Waals surface area contributed by atoms with Crippen molar-refractivity contribution in [2.45, 2.75) is 26.9 Å². The zero-order chi connectivity index (χ0) is 24.9. The fourth-order valence-electron chi connectivity index (χ4n) is 3.41. The van der Waals surface area contributed by atoms with Gasteiger partial charge in [-0.05, 0) is 18.1 Å². The van der Waals surface area contributed by atoms with Crippen molar-refractivity contribution in [1.82, 2.24) is 14.7 Å². The van der Waals surface area contributed by atoms with Crippen LogP contribution in [-0.4, -0.2) is 78.1 Å². The van der Waals surface area contributed by atoms with Gasteiger partial charge in [0.1, 0.15) is 12.3 Å². The van der Waals surface area contributed by atoms with Gasteiger partial charge in [0.05, 0.1) is 19.7 Å². The first-order valence-corrected chi connectivity index (χ1v) is 11.2. The fourth-order valence-corrected chi connectivity index (χ4v) is 3.41. The third-order valence-corrected chi connectivity index (χ3v) is 5.21. The fraction of sp³-hybridized carbons (Fsp3) is 0.385. The van der Waals surface area contributed by atoms with E-state index in [1.165, 1.54) is 35.7 Å². The molecule has 182 valence electrons. The number of amides is 3. The van der Waals surface area contributed by atoms with Gasteiger partial charge < -0.3 is 19.4 Å². The second-order valence-electron chi connectivity index (χ2n) is 8.11. The van der Waals surface area contributed by atoms with Crippen molar-refractivity contribution in [3.05, 3.63) is 71.8 Å². The van der Waals surface area contributed by atoms with Crippen LogP contribution in [0.15, 0.2) is 60.7 Å². The van der Waals surface area contributed by atoms with Gasteiger partial charge in [0.2, 0.25) is 17.7 Å². The van der Waals surface area contributed by atoms with Gasteiger partial charge in [0, 0.05) is 33.7 Å². The smallest absolute Gasteiger partial charge is 0.242 e. The average molecular weight is 468 g/mol. The van der Waals surface area contributed by atoms with Gasteiger partial charge in [-0.15, -0.1) is 0 Å². The van der Waals surface area contributed by atoms with E-state index in [0.29, 0.717) is 6.54 Å². The lowest BCUT2D eigenvalue weighted by Crippen LogP contribution is -2.48. The van der Waals surface area contributed by atoms with Crippen LogP contribution in [0.5, 0.6) is 0 Å². The number of Topliss-reactive ketones (excluding diaryl/α,β-unsaturated/α-hetero) is 1. The van der Waals surface area contributed by atoms with E-state index in [1.807, 2.05) is 60.7 Å².